The summed E-state index contributed by atoms with van der Waals surface area (Å²) in [5, 5.41) is 3.10. The molecular weight excluding hydrogens is 310 g/mol. The van der Waals surface area contributed by atoms with Crippen molar-refractivity contribution in [2.45, 2.75) is 44.1 Å². The first-order valence-electron chi connectivity index (χ1n) is 9.34. The molecule has 0 spiro atoms. The minimum Gasteiger partial charge on any atom is -0.325 e. The van der Waals surface area contributed by atoms with Gasteiger partial charge in [0.2, 0.25) is 5.91 Å². The Morgan fingerprint density at radius 2 is 1.96 bits per heavy atom. The molecule has 4 nitrogen and oxygen atoms in total. The van der Waals surface area contributed by atoms with Crippen LogP contribution in [0.5, 0.6) is 0 Å². The van der Waals surface area contributed by atoms with E-state index in [4.69, 9.17) is 0 Å². The van der Waals surface area contributed by atoms with E-state index in [-0.39, 0.29) is 11.9 Å². The summed E-state index contributed by atoms with van der Waals surface area (Å²) in [6.45, 7) is 1.88. The lowest BCUT2D eigenvalue weighted by Gasteiger charge is -2.23. The van der Waals surface area contributed by atoms with E-state index in [9.17, 15) is 4.79 Å². The third-order valence-corrected chi connectivity index (χ3v) is 5.27. The van der Waals surface area contributed by atoms with Crippen molar-refractivity contribution in [1.82, 2.24) is 9.88 Å². The van der Waals surface area contributed by atoms with Gasteiger partial charge in [0.25, 0.3) is 0 Å². The van der Waals surface area contributed by atoms with Crippen molar-refractivity contribution >= 4 is 11.6 Å². The molecule has 1 aromatic carbocycles. The summed E-state index contributed by atoms with van der Waals surface area (Å²) in [7, 11) is 0. The Morgan fingerprint density at radius 1 is 1.12 bits per heavy atom. The van der Waals surface area contributed by atoms with Crippen LogP contribution in [0, 0.1) is 0 Å². The maximum atomic E-state index is 12.7. The third kappa shape index (κ3) is 4.07. The molecule has 0 unspecified atom stereocenters. The van der Waals surface area contributed by atoms with Gasteiger partial charge in [0.1, 0.15) is 0 Å². The lowest BCUT2D eigenvalue weighted by atomic mass is 10.1. The highest BCUT2D eigenvalue weighted by atomic mass is 16.2. The Labute approximate surface area is 149 Å². The highest BCUT2D eigenvalue weighted by Crippen LogP contribution is 2.40. The minimum atomic E-state index is -0.0215. The van der Waals surface area contributed by atoms with Crippen LogP contribution in [0.4, 0.5) is 5.69 Å². The third-order valence-electron chi connectivity index (χ3n) is 5.27. The van der Waals surface area contributed by atoms with Crippen molar-refractivity contribution in [2.24, 2.45) is 0 Å². The molecule has 2 aromatic rings. The highest BCUT2D eigenvalue weighted by Gasteiger charge is 2.30. The van der Waals surface area contributed by atoms with E-state index in [1.807, 2.05) is 36.5 Å². The number of amides is 1. The van der Waals surface area contributed by atoms with Gasteiger partial charge in [0.15, 0.2) is 0 Å². The molecule has 1 N–H and O–H groups in total. The predicted molar refractivity (Wildman–Crippen MR) is 99.6 cm³/mol. The van der Waals surface area contributed by atoms with Gasteiger partial charge in [-0.2, -0.15) is 0 Å². The number of carbonyl (C=O) groups excluding carboxylic acids is 1. The van der Waals surface area contributed by atoms with E-state index < -0.39 is 0 Å². The Hall–Kier alpha value is -2.20. The smallest absolute Gasteiger partial charge is 0.241 e. The van der Waals surface area contributed by atoms with Crippen LogP contribution in [0.15, 0.2) is 48.7 Å². The van der Waals surface area contributed by atoms with E-state index in [1.54, 1.807) is 0 Å². The lowest BCUT2D eigenvalue weighted by molar-refractivity contribution is -0.120. The van der Waals surface area contributed by atoms with Crippen LogP contribution in [0.25, 0.3) is 0 Å². The van der Waals surface area contributed by atoms with Gasteiger partial charge >= 0.3 is 0 Å². The summed E-state index contributed by atoms with van der Waals surface area (Å²) >= 11 is 0. The molecule has 1 atom stereocenters. The number of aromatic nitrogens is 1. The minimum absolute atomic E-state index is 0.0215. The second-order valence-electron chi connectivity index (χ2n) is 7.15. The van der Waals surface area contributed by atoms with Crippen LogP contribution >= 0.6 is 0 Å². The van der Waals surface area contributed by atoms with Crippen molar-refractivity contribution in [2.75, 3.05) is 18.4 Å². The average Bonchev–Trinajstić information content (AvgIpc) is 3.39. The number of hydrogen-bond donors (Lipinski definition) is 1. The topological polar surface area (TPSA) is 45.2 Å². The summed E-state index contributed by atoms with van der Waals surface area (Å²) in [5.74, 6) is 0.874. The van der Waals surface area contributed by atoms with Gasteiger partial charge in [0.05, 0.1) is 6.04 Å². The molecule has 1 saturated heterocycles. The number of rotatable bonds is 6. The largest absolute Gasteiger partial charge is 0.325 e. The number of pyridine rings is 1. The number of hydrogen-bond acceptors (Lipinski definition) is 3. The molecule has 2 fully saturated rings. The van der Waals surface area contributed by atoms with Crippen LogP contribution < -0.4 is 5.32 Å². The van der Waals surface area contributed by atoms with Crippen LogP contribution in [0.1, 0.15) is 42.9 Å². The van der Waals surface area contributed by atoms with Gasteiger partial charge in [-0.15, -0.1) is 0 Å². The summed E-state index contributed by atoms with van der Waals surface area (Å²) < 4.78 is 0. The summed E-state index contributed by atoms with van der Waals surface area (Å²) in [6, 6.07) is 14.4. The number of carbonyl (C=O) groups is 1. The van der Waals surface area contributed by atoms with Crippen molar-refractivity contribution < 1.29 is 4.79 Å². The maximum absolute atomic E-state index is 12.7. The Bertz CT molecular complexity index is 710. The first kappa shape index (κ1) is 16.3. The van der Waals surface area contributed by atoms with Gasteiger partial charge < -0.3 is 5.32 Å². The van der Waals surface area contributed by atoms with Crippen molar-refractivity contribution in [3.8, 4) is 0 Å². The van der Waals surface area contributed by atoms with Gasteiger partial charge in [-0.1, -0.05) is 18.2 Å². The van der Waals surface area contributed by atoms with Crippen molar-refractivity contribution in [3.05, 3.63) is 59.9 Å². The monoisotopic (exact) mass is 335 g/mol. The molecule has 2 heterocycles. The standard InChI is InChI=1S/C21H25N3O/c25-21(23-19-10-8-17(9-11-19)16-6-7-16)20-5-3-14-24(20)15-12-18-4-1-2-13-22-18/h1-2,4,8-11,13,16,20H,3,5-7,12,14-15H2,(H,23,25)/t20-/m1/s1. The molecule has 1 saturated carbocycles. The molecule has 2 aliphatic rings. The maximum Gasteiger partial charge on any atom is 0.241 e. The first-order chi connectivity index (χ1) is 12.3. The van der Waals surface area contributed by atoms with Crippen molar-refractivity contribution in [1.29, 1.82) is 0 Å². The van der Waals surface area contributed by atoms with Gasteiger partial charge in [-0.3, -0.25) is 14.7 Å². The fraction of sp³-hybridized carbons (Fsp3) is 0.429. The fourth-order valence-electron chi connectivity index (χ4n) is 3.68. The molecule has 1 aromatic heterocycles. The van der Waals surface area contributed by atoms with Crippen LogP contribution in [0.3, 0.4) is 0 Å². The molecule has 1 amide bonds. The lowest BCUT2D eigenvalue weighted by Crippen LogP contribution is -2.40. The predicted octanol–water partition coefficient (Wildman–Crippen LogP) is 3.60. The Balaban J connectivity index is 1.33. The van der Waals surface area contributed by atoms with Gasteiger partial charge in [0, 0.05) is 30.5 Å². The summed E-state index contributed by atoms with van der Waals surface area (Å²) in [4.78, 5) is 19.4. The Morgan fingerprint density at radius 3 is 2.68 bits per heavy atom. The molecule has 0 radical (unpaired) electrons. The van der Waals surface area contributed by atoms with Gasteiger partial charge in [-0.05, 0) is 68.0 Å². The van der Waals surface area contributed by atoms with E-state index >= 15 is 0 Å². The zero-order valence-corrected chi connectivity index (χ0v) is 14.5. The van der Waals surface area contributed by atoms with E-state index in [2.05, 4.69) is 27.3 Å². The molecule has 4 heteroatoms. The fourth-order valence-corrected chi connectivity index (χ4v) is 3.68. The second kappa shape index (κ2) is 7.36. The molecule has 130 valence electrons. The van der Waals surface area contributed by atoms with Crippen LogP contribution in [-0.4, -0.2) is 34.9 Å². The molecule has 1 aliphatic heterocycles. The molecule has 1 aliphatic carbocycles. The molecular formula is C21H25N3O. The van der Waals surface area contributed by atoms with Gasteiger partial charge in [-0.25, -0.2) is 0 Å². The Kier molecular flexibility index (Phi) is 4.79. The van der Waals surface area contributed by atoms with E-state index in [0.717, 1.165) is 49.7 Å². The number of nitrogens with one attached hydrogen (secondary N) is 1. The van der Waals surface area contributed by atoms with E-state index in [0.29, 0.717) is 0 Å². The highest BCUT2D eigenvalue weighted by molar-refractivity contribution is 5.95. The number of anilines is 1. The van der Waals surface area contributed by atoms with Crippen molar-refractivity contribution in [3.63, 3.8) is 0 Å². The molecule has 4 rings (SSSR count). The molecule has 0 bridgehead atoms. The summed E-state index contributed by atoms with van der Waals surface area (Å²) in [5.41, 5.74) is 3.39. The number of likely N-dealkylation sites (tertiary alicyclic amines) is 1. The van der Waals surface area contributed by atoms with Crippen LogP contribution in [0.2, 0.25) is 0 Å². The first-order valence-corrected chi connectivity index (χ1v) is 9.34. The average molecular weight is 335 g/mol. The molecule has 25 heavy (non-hydrogen) atoms. The SMILES string of the molecule is O=C(Nc1ccc(C2CC2)cc1)[C@H]1CCCN1CCc1ccccn1. The van der Waals surface area contributed by atoms with E-state index in [1.165, 1.54) is 18.4 Å². The zero-order valence-electron chi connectivity index (χ0n) is 14.5. The summed E-state index contributed by atoms with van der Waals surface area (Å²) in [6.07, 6.45) is 7.35. The number of benzene rings is 1. The normalized spacial score (nSPS) is 20.6. The quantitative estimate of drug-likeness (QED) is 0.877. The zero-order chi connectivity index (χ0) is 17.1. The van der Waals surface area contributed by atoms with Crippen LogP contribution in [-0.2, 0) is 11.2 Å². The second-order valence-corrected chi connectivity index (χ2v) is 7.15. The number of nitrogens with zero attached hydrogens (tertiary/aromatic N) is 2.